The van der Waals surface area contributed by atoms with Crippen LogP contribution in [0.4, 0.5) is 0 Å². The molecule has 0 saturated heterocycles. The summed E-state index contributed by atoms with van der Waals surface area (Å²) in [4.78, 5) is 11.7. The summed E-state index contributed by atoms with van der Waals surface area (Å²) in [5, 5.41) is 0. The maximum atomic E-state index is 11.7. The molecule has 0 aromatic rings. The van der Waals surface area contributed by atoms with Gasteiger partial charge in [-0.3, -0.25) is 4.79 Å². The minimum Gasteiger partial charge on any atom is -0.374 e. The van der Waals surface area contributed by atoms with Crippen molar-refractivity contribution in [2.24, 2.45) is 17.8 Å². The lowest BCUT2D eigenvalue weighted by atomic mass is 9.76. The largest absolute Gasteiger partial charge is 0.374 e. The number of carbonyl (C=O) groups is 1. The molecule has 1 fully saturated rings. The summed E-state index contributed by atoms with van der Waals surface area (Å²) in [5.41, 5.74) is 0. The van der Waals surface area contributed by atoms with Crippen LogP contribution in [0.1, 0.15) is 46.5 Å². The van der Waals surface area contributed by atoms with Gasteiger partial charge in [0.15, 0.2) is 5.78 Å². The molecule has 0 N–H and O–H groups in total. The van der Waals surface area contributed by atoms with E-state index in [2.05, 4.69) is 13.8 Å². The summed E-state index contributed by atoms with van der Waals surface area (Å²) in [6, 6.07) is 0. The minimum atomic E-state index is 0.284. The summed E-state index contributed by atoms with van der Waals surface area (Å²) < 4.78 is 5.17. The molecule has 1 aliphatic rings. The molecular formula is C13H24O2. The third-order valence-corrected chi connectivity index (χ3v) is 3.62. The number of ether oxygens (including phenoxy) is 1. The molecule has 0 aliphatic heterocycles. The van der Waals surface area contributed by atoms with Gasteiger partial charge in [0.2, 0.25) is 0 Å². The topological polar surface area (TPSA) is 26.3 Å². The van der Waals surface area contributed by atoms with Gasteiger partial charge >= 0.3 is 0 Å². The highest BCUT2D eigenvalue weighted by Crippen LogP contribution is 2.33. The first-order chi connectivity index (χ1) is 7.15. The van der Waals surface area contributed by atoms with E-state index in [1.54, 1.807) is 0 Å². The summed E-state index contributed by atoms with van der Waals surface area (Å²) in [7, 11) is 0. The fraction of sp³-hybridized carbons (Fsp3) is 0.923. The van der Waals surface area contributed by atoms with Gasteiger partial charge in [-0.2, -0.15) is 0 Å². The van der Waals surface area contributed by atoms with Gasteiger partial charge in [-0.1, -0.05) is 13.8 Å². The molecule has 15 heavy (non-hydrogen) atoms. The van der Waals surface area contributed by atoms with Gasteiger partial charge in [0.05, 0.1) is 0 Å². The summed E-state index contributed by atoms with van der Waals surface area (Å²) >= 11 is 0. The Bertz CT molecular complexity index is 191. The first-order valence-electron chi connectivity index (χ1n) is 6.25. The average molecular weight is 212 g/mol. The number of Topliss-reactive ketones (excluding diaryl/α,β-unsaturated/α-hetero) is 1. The Kier molecular flexibility index (Phi) is 5.30. The predicted molar refractivity (Wildman–Crippen MR) is 61.8 cm³/mol. The smallest absolute Gasteiger partial charge is 0.161 e. The third kappa shape index (κ3) is 3.94. The van der Waals surface area contributed by atoms with Crippen molar-refractivity contribution in [1.29, 1.82) is 0 Å². The lowest BCUT2D eigenvalue weighted by Gasteiger charge is -2.29. The van der Waals surface area contributed by atoms with Gasteiger partial charge in [0, 0.05) is 12.5 Å². The molecule has 0 spiro atoms. The van der Waals surface area contributed by atoms with Crippen LogP contribution < -0.4 is 0 Å². The highest BCUT2D eigenvalue weighted by molar-refractivity contribution is 5.82. The summed E-state index contributed by atoms with van der Waals surface area (Å²) in [6.07, 6.45) is 4.60. The molecule has 0 aromatic heterocycles. The van der Waals surface area contributed by atoms with Crippen molar-refractivity contribution in [3.8, 4) is 0 Å². The van der Waals surface area contributed by atoms with E-state index in [1.807, 2.05) is 6.92 Å². The number of carbonyl (C=O) groups excluding carboxylic acids is 1. The maximum Gasteiger partial charge on any atom is 0.161 e. The van der Waals surface area contributed by atoms with E-state index in [9.17, 15) is 4.79 Å². The molecule has 0 radical (unpaired) electrons. The van der Waals surface area contributed by atoms with Crippen LogP contribution >= 0.6 is 0 Å². The standard InChI is InChI=1S/C13H24O2/c1-4-15-9-13(14)12-7-5-11(6-8-12)10(2)3/h10-12H,4-9H2,1-3H3. The number of hydrogen-bond acceptors (Lipinski definition) is 2. The van der Waals surface area contributed by atoms with Crippen LogP contribution in [0.15, 0.2) is 0 Å². The van der Waals surface area contributed by atoms with Gasteiger partial charge in [0.1, 0.15) is 6.61 Å². The Morgan fingerprint density at radius 2 is 1.87 bits per heavy atom. The van der Waals surface area contributed by atoms with Crippen LogP contribution in [0.3, 0.4) is 0 Å². The molecule has 1 aliphatic carbocycles. The van der Waals surface area contributed by atoms with Crippen molar-refractivity contribution in [3.05, 3.63) is 0 Å². The van der Waals surface area contributed by atoms with Gasteiger partial charge in [-0.15, -0.1) is 0 Å². The molecule has 0 unspecified atom stereocenters. The monoisotopic (exact) mass is 212 g/mol. The van der Waals surface area contributed by atoms with E-state index in [-0.39, 0.29) is 5.92 Å². The van der Waals surface area contributed by atoms with Gasteiger partial charge in [0.25, 0.3) is 0 Å². The van der Waals surface area contributed by atoms with E-state index in [0.717, 1.165) is 24.7 Å². The van der Waals surface area contributed by atoms with Crippen molar-refractivity contribution in [2.75, 3.05) is 13.2 Å². The Morgan fingerprint density at radius 1 is 1.27 bits per heavy atom. The third-order valence-electron chi connectivity index (χ3n) is 3.62. The highest BCUT2D eigenvalue weighted by atomic mass is 16.5. The molecule has 0 heterocycles. The number of ketones is 1. The second kappa shape index (κ2) is 6.26. The average Bonchev–Trinajstić information content (AvgIpc) is 2.26. The molecule has 88 valence electrons. The fourth-order valence-electron chi connectivity index (χ4n) is 2.43. The second-order valence-electron chi connectivity index (χ2n) is 4.96. The first kappa shape index (κ1) is 12.7. The summed E-state index contributed by atoms with van der Waals surface area (Å²) in [6.45, 7) is 7.48. The molecule has 0 bridgehead atoms. The minimum absolute atomic E-state index is 0.284. The van der Waals surface area contributed by atoms with Crippen molar-refractivity contribution in [1.82, 2.24) is 0 Å². The van der Waals surface area contributed by atoms with E-state index in [0.29, 0.717) is 19.0 Å². The number of rotatable bonds is 5. The van der Waals surface area contributed by atoms with E-state index in [4.69, 9.17) is 4.74 Å². The molecule has 2 heteroatoms. The van der Waals surface area contributed by atoms with E-state index < -0.39 is 0 Å². The summed E-state index contributed by atoms with van der Waals surface area (Å²) in [5.74, 6) is 2.21. The zero-order valence-corrected chi connectivity index (χ0v) is 10.3. The molecular weight excluding hydrogens is 188 g/mol. The van der Waals surface area contributed by atoms with Gasteiger partial charge in [-0.25, -0.2) is 0 Å². The molecule has 1 rings (SSSR count). The molecule has 0 atom stereocenters. The van der Waals surface area contributed by atoms with Crippen molar-refractivity contribution in [3.63, 3.8) is 0 Å². The normalized spacial score (nSPS) is 26.9. The SMILES string of the molecule is CCOCC(=O)C1CCC(C(C)C)CC1. The molecule has 0 aromatic carbocycles. The quantitative estimate of drug-likeness (QED) is 0.700. The Balaban J connectivity index is 2.27. The van der Waals surface area contributed by atoms with Gasteiger partial charge in [-0.05, 0) is 44.4 Å². The van der Waals surface area contributed by atoms with E-state index >= 15 is 0 Å². The number of hydrogen-bond donors (Lipinski definition) is 0. The van der Waals surface area contributed by atoms with Crippen molar-refractivity contribution >= 4 is 5.78 Å². The van der Waals surface area contributed by atoms with Crippen molar-refractivity contribution < 1.29 is 9.53 Å². The lowest BCUT2D eigenvalue weighted by Crippen LogP contribution is -2.26. The van der Waals surface area contributed by atoms with Crippen LogP contribution in [-0.4, -0.2) is 19.0 Å². The van der Waals surface area contributed by atoms with Crippen LogP contribution in [0, 0.1) is 17.8 Å². The molecule has 0 amide bonds. The Labute approximate surface area is 93.4 Å². The Hall–Kier alpha value is -0.370. The predicted octanol–water partition coefficient (Wildman–Crippen LogP) is 3.05. The van der Waals surface area contributed by atoms with E-state index in [1.165, 1.54) is 12.8 Å². The van der Waals surface area contributed by atoms with Crippen LogP contribution in [0.5, 0.6) is 0 Å². The zero-order chi connectivity index (χ0) is 11.3. The molecule has 1 saturated carbocycles. The van der Waals surface area contributed by atoms with Crippen LogP contribution in [0.2, 0.25) is 0 Å². The maximum absolute atomic E-state index is 11.7. The van der Waals surface area contributed by atoms with Crippen LogP contribution in [0.25, 0.3) is 0 Å². The fourth-order valence-corrected chi connectivity index (χ4v) is 2.43. The highest BCUT2D eigenvalue weighted by Gasteiger charge is 2.27. The lowest BCUT2D eigenvalue weighted by molar-refractivity contribution is -0.128. The first-order valence-corrected chi connectivity index (χ1v) is 6.25. The van der Waals surface area contributed by atoms with Gasteiger partial charge < -0.3 is 4.74 Å². The van der Waals surface area contributed by atoms with Crippen molar-refractivity contribution in [2.45, 2.75) is 46.5 Å². The Morgan fingerprint density at radius 3 is 2.33 bits per heavy atom. The second-order valence-corrected chi connectivity index (χ2v) is 4.96. The zero-order valence-electron chi connectivity index (χ0n) is 10.3. The van der Waals surface area contributed by atoms with Crippen LogP contribution in [-0.2, 0) is 9.53 Å². The molecule has 2 nitrogen and oxygen atoms in total.